The number of halogens is 1. The standard InChI is InChI=1S/C15H10BrN/c16-15-8-4-7-13(10-15)14(11-17)9-12-5-2-1-3-6-12/h1-10H/b14-9-. The number of allylic oxidation sites excluding steroid dienone is 1. The molecule has 0 spiro atoms. The third-order valence-electron chi connectivity index (χ3n) is 2.37. The van der Waals surface area contributed by atoms with Gasteiger partial charge in [-0.25, -0.2) is 0 Å². The van der Waals surface area contributed by atoms with Gasteiger partial charge in [0.25, 0.3) is 0 Å². The minimum Gasteiger partial charge on any atom is -0.192 e. The van der Waals surface area contributed by atoms with Crippen LogP contribution in [0.1, 0.15) is 11.1 Å². The monoisotopic (exact) mass is 283 g/mol. The summed E-state index contributed by atoms with van der Waals surface area (Å²) in [4.78, 5) is 0. The first-order chi connectivity index (χ1) is 8.29. The van der Waals surface area contributed by atoms with E-state index in [-0.39, 0.29) is 0 Å². The topological polar surface area (TPSA) is 23.8 Å². The molecule has 2 heteroatoms. The summed E-state index contributed by atoms with van der Waals surface area (Å²) in [7, 11) is 0. The Morgan fingerprint density at radius 1 is 1.06 bits per heavy atom. The van der Waals surface area contributed by atoms with Gasteiger partial charge < -0.3 is 0 Å². The molecule has 0 aliphatic rings. The molecule has 0 fully saturated rings. The van der Waals surface area contributed by atoms with Crippen molar-refractivity contribution in [3.8, 4) is 6.07 Å². The van der Waals surface area contributed by atoms with Crippen molar-refractivity contribution in [2.24, 2.45) is 0 Å². The lowest BCUT2D eigenvalue weighted by atomic mass is 10.0. The van der Waals surface area contributed by atoms with Crippen LogP contribution in [0.3, 0.4) is 0 Å². The summed E-state index contributed by atoms with van der Waals surface area (Å²) < 4.78 is 0.976. The molecule has 0 heterocycles. The SMILES string of the molecule is N#C/C(=C/c1ccccc1)c1cccc(Br)c1. The second-order valence-electron chi connectivity index (χ2n) is 3.59. The highest BCUT2D eigenvalue weighted by molar-refractivity contribution is 9.10. The lowest BCUT2D eigenvalue weighted by molar-refractivity contribution is 1.51. The van der Waals surface area contributed by atoms with Gasteiger partial charge in [-0.15, -0.1) is 0 Å². The molecule has 0 bridgehead atoms. The Morgan fingerprint density at radius 2 is 1.82 bits per heavy atom. The van der Waals surface area contributed by atoms with Crippen molar-refractivity contribution in [1.82, 2.24) is 0 Å². The molecule has 0 aromatic heterocycles. The van der Waals surface area contributed by atoms with Crippen molar-refractivity contribution in [1.29, 1.82) is 5.26 Å². The fourth-order valence-electron chi connectivity index (χ4n) is 1.55. The van der Waals surface area contributed by atoms with Crippen LogP contribution in [0.15, 0.2) is 59.1 Å². The van der Waals surface area contributed by atoms with Crippen molar-refractivity contribution in [2.45, 2.75) is 0 Å². The highest BCUT2D eigenvalue weighted by Crippen LogP contribution is 2.20. The summed E-state index contributed by atoms with van der Waals surface area (Å²) in [5.74, 6) is 0. The number of nitriles is 1. The average molecular weight is 284 g/mol. The van der Waals surface area contributed by atoms with Gasteiger partial charge in [-0.1, -0.05) is 58.4 Å². The predicted molar refractivity (Wildman–Crippen MR) is 74.1 cm³/mol. The summed E-state index contributed by atoms with van der Waals surface area (Å²) in [6.45, 7) is 0. The molecule has 0 radical (unpaired) electrons. The lowest BCUT2D eigenvalue weighted by Crippen LogP contribution is -1.81. The van der Waals surface area contributed by atoms with E-state index in [4.69, 9.17) is 0 Å². The van der Waals surface area contributed by atoms with Crippen molar-refractivity contribution in [3.63, 3.8) is 0 Å². The van der Waals surface area contributed by atoms with Gasteiger partial charge in [0.15, 0.2) is 0 Å². The highest BCUT2D eigenvalue weighted by Gasteiger charge is 2.01. The van der Waals surface area contributed by atoms with Crippen LogP contribution < -0.4 is 0 Å². The molecule has 0 amide bonds. The number of hydrogen-bond acceptors (Lipinski definition) is 1. The number of nitrogens with zero attached hydrogens (tertiary/aromatic N) is 1. The molecule has 0 unspecified atom stereocenters. The van der Waals surface area contributed by atoms with Crippen LogP contribution in [0.25, 0.3) is 11.6 Å². The van der Waals surface area contributed by atoms with Crippen LogP contribution in [-0.2, 0) is 0 Å². The summed E-state index contributed by atoms with van der Waals surface area (Å²) in [5, 5.41) is 9.20. The summed E-state index contributed by atoms with van der Waals surface area (Å²) >= 11 is 3.41. The van der Waals surface area contributed by atoms with Crippen LogP contribution in [0.5, 0.6) is 0 Å². The molecule has 0 saturated carbocycles. The van der Waals surface area contributed by atoms with Crippen molar-refractivity contribution in [3.05, 3.63) is 70.2 Å². The van der Waals surface area contributed by atoms with Gasteiger partial charge in [0.2, 0.25) is 0 Å². The zero-order valence-electron chi connectivity index (χ0n) is 9.10. The van der Waals surface area contributed by atoms with Crippen LogP contribution in [0.2, 0.25) is 0 Å². The Hall–Kier alpha value is -1.85. The second-order valence-corrected chi connectivity index (χ2v) is 4.51. The van der Waals surface area contributed by atoms with Crippen LogP contribution in [0, 0.1) is 11.3 Å². The maximum Gasteiger partial charge on any atom is 0.0998 e. The highest BCUT2D eigenvalue weighted by atomic mass is 79.9. The van der Waals surface area contributed by atoms with Crippen molar-refractivity contribution < 1.29 is 0 Å². The lowest BCUT2D eigenvalue weighted by Gasteiger charge is -2.00. The zero-order valence-corrected chi connectivity index (χ0v) is 10.7. The maximum absolute atomic E-state index is 9.20. The van der Waals surface area contributed by atoms with E-state index in [1.165, 1.54) is 0 Å². The second kappa shape index (κ2) is 5.47. The first-order valence-electron chi connectivity index (χ1n) is 5.22. The van der Waals surface area contributed by atoms with Crippen LogP contribution in [-0.4, -0.2) is 0 Å². The molecular weight excluding hydrogens is 274 g/mol. The molecule has 0 saturated heterocycles. The number of rotatable bonds is 2. The largest absolute Gasteiger partial charge is 0.192 e. The van der Waals surface area contributed by atoms with Gasteiger partial charge in [0, 0.05) is 4.47 Å². The Morgan fingerprint density at radius 3 is 2.47 bits per heavy atom. The van der Waals surface area contributed by atoms with E-state index in [0.717, 1.165) is 15.6 Å². The number of hydrogen-bond donors (Lipinski definition) is 0. The normalized spacial score (nSPS) is 10.9. The first kappa shape index (κ1) is 11.6. The fourth-order valence-corrected chi connectivity index (χ4v) is 1.95. The van der Waals surface area contributed by atoms with Crippen molar-refractivity contribution in [2.75, 3.05) is 0 Å². The maximum atomic E-state index is 9.20. The van der Waals surface area contributed by atoms with Crippen LogP contribution >= 0.6 is 15.9 Å². The quantitative estimate of drug-likeness (QED) is 0.588. The minimum atomic E-state index is 0.664. The molecule has 2 aromatic carbocycles. The molecular formula is C15H10BrN. The fraction of sp³-hybridized carbons (Fsp3) is 0. The number of benzene rings is 2. The van der Waals surface area contributed by atoms with Gasteiger partial charge in [-0.3, -0.25) is 0 Å². The molecule has 0 N–H and O–H groups in total. The van der Waals surface area contributed by atoms with E-state index in [1.54, 1.807) is 0 Å². The molecule has 2 rings (SSSR count). The molecule has 1 nitrogen and oxygen atoms in total. The van der Waals surface area contributed by atoms with E-state index in [1.807, 2.05) is 60.7 Å². The summed E-state index contributed by atoms with van der Waals surface area (Å²) in [6, 6.07) is 19.8. The third kappa shape index (κ3) is 3.05. The van der Waals surface area contributed by atoms with Gasteiger partial charge >= 0.3 is 0 Å². The molecule has 82 valence electrons. The van der Waals surface area contributed by atoms with E-state index < -0.39 is 0 Å². The summed E-state index contributed by atoms with van der Waals surface area (Å²) in [6.07, 6.45) is 1.89. The Kier molecular flexibility index (Phi) is 3.74. The van der Waals surface area contributed by atoms with Crippen molar-refractivity contribution >= 4 is 27.6 Å². The molecule has 0 aliphatic carbocycles. The first-order valence-corrected chi connectivity index (χ1v) is 6.01. The minimum absolute atomic E-state index is 0.664. The molecule has 2 aromatic rings. The van der Waals surface area contributed by atoms with Gasteiger partial charge in [-0.05, 0) is 29.3 Å². The molecule has 0 aliphatic heterocycles. The van der Waals surface area contributed by atoms with E-state index in [9.17, 15) is 5.26 Å². The third-order valence-corrected chi connectivity index (χ3v) is 2.86. The summed E-state index contributed by atoms with van der Waals surface area (Å²) in [5.41, 5.74) is 2.62. The van der Waals surface area contributed by atoms with Gasteiger partial charge in [-0.2, -0.15) is 5.26 Å². The smallest absolute Gasteiger partial charge is 0.0998 e. The molecule has 17 heavy (non-hydrogen) atoms. The predicted octanol–water partition coefficient (Wildman–Crippen LogP) is 4.51. The Balaban J connectivity index is 2.42. The van der Waals surface area contributed by atoms with E-state index in [2.05, 4.69) is 22.0 Å². The Labute approximate surface area is 109 Å². The van der Waals surface area contributed by atoms with Gasteiger partial charge in [0.05, 0.1) is 11.6 Å². The van der Waals surface area contributed by atoms with E-state index >= 15 is 0 Å². The zero-order chi connectivity index (χ0) is 12.1. The Bertz CT molecular complexity index is 579. The van der Waals surface area contributed by atoms with E-state index in [0.29, 0.717) is 5.57 Å². The average Bonchev–Trinajstić information content (AvgIpc) is 2.37. The van der Waals surface area contributed by atoms with Crippen LogP contribution in [0.4, 0.5) is 0 Å². The van der Waals surface area contributed by atoms with Gasteiger partial charge in [0.1, 0.15) is 0 Å². The molecule has 0 atom stereocenters.